The highest BCUT2D eigenvalue weighted by atomic mass is 32.2. The quantitative estimate of drug-likeness (QED) is 0.181. The lowest BCUT2D eigenvalue weighted by atomic mass is 9.73. The van der Waals surface area contributed by atoms with E-state index in [2.05, 4.69) is 189 Å². The van der Waals surface area contributed by atoms with E-state index in [1.807, 2.05) is 0 Å². The molecule has 4 nitrogen and oxygen atoms in total. The predicted octanol–water partition coefficient (Wildman–Crippen LogP) is 10.0. The minimum absolute atomic E-state index is 0.0437. The van der Waals surface area contributed by atoms with Crippen molar-refractivity contribution in [3.63, 3.8) is 0 Å². The van der Waals surface area contributed by atoms with Crippen LogP contribution in [0.15, 0.2) is 181 Å². The molecule has 0 saturated carbocycles. The van der Waals surface area contributed by atoms with Gasteiger partial charge in [-0.15, -0.1) is 0 Å². The predicted molar refractivity (Wildman–Crippen MR) is 205 cm³/mol. The molecule has 49 heavy (non-hydrogen) atoms. The fourth-order valence-corrected chi connectivity index (χ4v) is 9.24. The molecule has 4 unspecified atom stereocenters. The first-order valence-electron chi connectivity index (χ1n) is 17.0. The highest BCUT2D eigenvalue weighted by Crippen LogP contribution is 2.55. The summed E-state index contributed by atoms with van der Waals surface area (Å²) in [6, 6.07) is 55.3. The number of fused-ring (bicyclic) bond motifs is 7. The fourth-order valence-electron chi connectivity index (χ4n) is 8.40. The van der Waals surface area contributed by atoms with E-state index in [4.69, 9.17) is 0 Å². The molecule has 10 rings (SSSR count). The summed E-state index contributed by atoms with van der Waals surface area (Å²) in [7, 11) is 0. The van der Waals surface area contributed by atoms with Gasteiger partial charge in [0.1, 0.15) is 0 Å². The minimum atomic E-state index is 0.0437. The summed E-state index contributed by atoms with van der Waals surface area (Å²) in [5.41, 5.74) is 12.8. The third-order valence-electron chi connectivity index (χ3n) is 10.5. The summed E-state index contributed by atoms with van der Waals surface area (Å²) in [5.74, 6) is 0.220. The number of rotatable bonds is 5. The van der Waals surface area contributed by atoms with Crippen LogP contribution in [-0.2, 0) is 0 Å². The summed E-state index contributed by atoms with van der Waals surface area (Å²) in [6.07, 6.45) is 7.20. The molecule has 2 heterocycles. The molecule has 0 bridgehead atoms. The first kappa shape index (κ1) is 28.7. The Balaban J connectivity index is 1.16. The van der Waals surface area contributed by atoms with Crippen LogP contribution in [-0.4, -0.2) is 18.1 Å². The number of nitrogens with one attached hydrogen (secondary N) is 2. The van der Waals surface area contributed by atoms with E-state index in [-0.39, 0.29) is 24.0 Å². The van der Waals surface area contributed by atoms with Crippen molar-refractivity contribution in [3.05, 3.63) is 197 Å². The zero-order valence-electron chi connectivity index (χ0n) is 26.8. The van der Waals surface area contributed by atoms with Crippen LogP contribution in [0.5, 0.6) is 0 Å². The van der Waals surface area contributed by atoms with Crippen LogP contribution in [0.3, 0.4) is 0 Å². The number of para-hydroxylation sites is 3. The Morgan fingerprint density at radius 2 is 1.24 bits per heavy atom. The standard InChI is InChI=1S/C44H34N4S/c1-3-16-32(17-4-1)47(34-24-23-29-13-7-8-14-30(29)27-34)40-26-25-36(42-43(40)46-49-45-42)38-28-31-15-9-10-20-35(31)41-37-21-11-12-22-39(37)48(44(38)41)33-18-5-2-6-19-33/h1-28,41-46H. The average molecular weight is 651 g/mol. The molecular weight excluding hydrogens is 617 g/mol. The summed E-state index contributed by atoms with van der Waals surface area (Å²) in [5, 5.41) is 2.48. The topological polar surface area (TPSA) is 30.5 Å². The molecule has 0 amide bonds. The van der Waals surface area contributed by atoms with E-state index in [1.54, 1.807) is 12.1 Å². The van der Waals surface area contributed by atoms with Crippen molar-refractivity contribution in [2.45, 2.75) is 24.0 Å². The first-order valence-corrected chi connectivity index (χ1v) is 17.8. The Labute approximate surface area is 291 Å². The zero-order chi connectivity index (χ0) is 32.3. The van der Waals surface area contributed by atoms with Gasteiger partial charge in [-0.1, -0.05) is 115 Å². The summed E-state index contributed by atoms with van der Waals surface area (Å²) in [4.78, 5) is 5.00. The van der Waals surface area contributed by atoms with E-state index < -0.39 is 0 Å². The maximum atomic E-state index is 3.81. The number of allylic oxidation sites excluding steroid dienone is 2. The summed E-state index contributed by atoms with van der Waals surface area (Å²) >= 11 is 1.61. The number of hydrogen-bond donors (Lipinski definition) is 2. The molecule has 4 aliphatic rings. The van der Waals surface area contributed by atoms with Crippen LogP contribution >= 0.6 is 12.1 Å². The van der Waals surface area contributed by atoms with Gasteiger partial charge in [0, 0.05) is 46.5 Å². The van der Waals surface area contributed by atoms with E-state index in [1.165, 1.54) is 55.7 Å². The van der Waals surface area contributed by atoms with Gasteiger partial charge in [-0.05, 0) is 93.2 Å². The van der Waals surface area contributed by atoms with Gasteiger partial charge < -0.3 is 9.80 Å². The Morgan fingerprint density at radius 3 is 2.10 bits per heavy atom. The molecular formula is C44H34N4S. The molecule has 5 heteroatoms. The third-order valence-corrected chi connectivity index (χ3v) is 11.3. The van der Waals surface area contributed by atoms with Crippen molar-refractivity contribution in [1.29, 1.82) is 0 Å². The lowest BCUT2D eigenvalue weighted by Gasteiger charge is -2.41. The highest BCUT2D eigenvalue weighted by molar-refractivity contribution is 7.95. The van der Waals surface area contributed by atoms with E-state index in [0.29, 0.717) is 0 Å². The molecule has 6 aromatic carbocycles. The van der Waals surface area contributed by atoms with Gasteiger partial charge in [-0.3, -0.25) is 0 Å². The second kappa shape index (κ2) is 11.7. The molecule has 0 radical (unpaired) electrons. The second-order valence-electron chi connectivity index (χ2n) is 13.1. The van der Waals surface area contributed by atoms with Gasteiger partial charge in [0.05, 0.1) is 18.1 Å². The number of nitrogens with zero attached hydrogens (tertiary/aromatic N) is 2. The summed E-state index contributed by atoms with van der Waals surface area (Å²) < 4.78 is 7.60. The highest BCUT2D eigenvalue weighted by Gasteiger charge is 2.48. The van der Waals surface area contributed by atoms with Crippen molar-refractivity contribution in [3.8, 4) is 0 Å². The van der Waals surface area contributed by atoms with Gasteiger partial charge in [0.2, 0.25) is 0 Å². The van der Waals surface area contributed by atoms with E-state index >= 15 is 0 Å². The van der Waals surface area contributed by atoms with Crippen molar-refractivity contribution in [1.82, 2.24) is 9.44 Å². The van der Waals surface area contributed by atoms with Gasteiger partial charge in [-0.25, -0.2) is 9.44 Å². The van der Waals surface area contributed by atoms with E-state index in [9.17, 15) is 0 Å². The summed E-state index contributed by atoms with van der Waals surface area (Å²) in [6.45, 7) is 0. The third kappa shape index (κ3) is 4.61. The molecule has 0 aromatic heterocycles. The number of hydrogen-bond acceptors (Lipinski definition) is 5. The minimum Gasteiger partial charge on any atom is -0.333 e. The second-order valence-corrected chi connectivity index (χ2v) is 13.8. The van der Waals surface area contributed by atoms with Gasteiger partial charge in [-0.2, -0.15) is 0 Å². The largest absolute Gasteiger partial charge is 0.333 e. The SMILES string of the molecule is C1=C(C2=Cc3ccccc3C3c4ccccc4N(c4ccccc4)C23)C2NSNC2C(N(c2ccccc2)c2ccc3ccccc3c2)=C1. The molecule has 2 aliphatic heterocycles. The van der Waals surface area contributed by atoms with Crippen LogP contribution in [0.25, 0.3) is 16.8 Å². The van der Waals surface area contributed by atoms with E-state index in [0.717, 1.165) is 11.4 Å². The normalized spacial score (nSPS) is 22.0. The molecule has 6 aromatic rings. The molecule has 4 atom stereocenters. The lowest BCUT2D eigenvalue weighted by molar-refractivity contribution is 0.592. The molecule has 2 aliphatic carbocycles. The molecule has 2 N–H and O–H groups in total. The monoisotopic (exact) mass is 650 g/mol. The Morgan fingerprint density at radius 1 is 0.551 bits per heavy atom. The van der Waals surface area contributed by atoms with Gasteiger partial charge in [0.25, 0.3) is 0 Å². The average Bonchev–Trinajstić information content (AvgIpc) is 3.80. The van der Waals surface area contributed by atoms with Crippen LogP contribution in [0, 0.1) is 0 Å². The first-order chi connectivity index (χ1) is 24.3. The van der Waals surface area contributed by atoms with Crippen molar-refractivity contribution in [2.75, 3.05) is 9.80 Å². The zero-order valence-corrected chi connectivity index (χ0v) is 27.6. The van der Waals surface area contributed by atoms with Crippen LogP contribution < -0.4 is 19.2 Å². The fraction of sp³-hybridized carbons (Fsp3) is 0.0909. The van der Waals surface area contributed by atoms with Crippen LogP contribution in [0.1, 0.15) is 22.6 Å². The number of anilines is 4. The molecule has 236 valence electrons. The number of benzene rings is 6. The maximum absolute atomic E-state index is 3.81. The van der Waals surface area contributed by atoms with Crippen molar-refractivity contribution >= 4 is 51.7 Å². The van der Waals surface area contributed by atoms with Gasteiger partial charge >= 0.3 is 0 Å². The van der Waals surface area contributed by atoms with Crippen molar-refractivity contribution < 1.29 is 0 Å². The molecule has 0 spiro atoms. The Kier molecular flexibility index (Phi) is 6.83. The lowest BCUT2D eigenvalue weighted by Crippen LogP contribution is -2.46. The van der Waals surface area contributed by atoms with Crippen LogP contribution in [0.2, 0.25) is 0 Å². The Hall–Kier alpha value is -5.33. The smallest absolute Gasteiger partial charge is 0.0792 e. The van der Waals surface area contributed by atoms with Crippen molar-refractivity contribution in [2.24, 2.45) is 0 Å². The molecule has 1 fully saturated rings. The Bertz CT molecular complexity index is 2300. The maximum Gasteiger partial charge on any atom is 0.0792 e. The van der Waals surface area contributed by atoms with Crippen LogP contribution in [0.4, 0.5) is 22.7 Å². The van der Waals surface area contributed by atoms with Gasteiger partial charge in [0.15, 0.2) is 0 Å². The molecule has 1 saturated heterocycles.